The molecule has 0 aliphatic heterocycles. The third-order valence-corrected chi connectivity index (χ3v) is 7.37. The minimum atomic E-state index is 0.146. The van der Waals surface area contributed by atoms with Crippen molar-refractivity contribution < 1.29 is 14.3 Å². The Bertz CT molecular complexity index is 1340. The molecule has 3 aromatic carbocycles. The molecule has 6 heteroatoms. The van der Waals surface area contributed by atoms with Gasteiger partial charge in [0.05, 0.1) is 25.3 Å². The standard InChI is InChI=1S/C31H35N3O3/c1-36-28-18-17-24(19-29(28)37-2)20-30-32-26-15-9-10-16-27(26)34(30)22-31(35)33(25-13-7-4-8-14-25)21-23-11-5-3-6-12-23/h3,5-6,9-12,15-19,25H,4,7-8,13-14,20-22H2,1-2H3. The van der Waals surface area contributed by atoms with E-state index in [4.69, 9.17) is 14.5 Å². The Morgan fingerprint density at radius 1 is 0.892 bits per heavy atom. The summed E-state index contributed by atoms with van der Waals surface area (Å²) in [5.41, 5.74) is 4.10. The van der Waals surface area contributed by atoms with Crippen molar-refractivity contribution in [3.63, 3.8) is 0 Å². The van der Waals surface area contributed by atoms with E-state index in [-0.39, 0.29) is 18.5 Å². The first-order valence-corrected chi connectivity index (χ1v) is 13.1. The summed E-state index contributed by atoms with van der Waals surface area (Å²) in [5.74, 6) is 2.39. The van der Waals surface area contributed by atoms with Gasteiger partial charge in [0.25, 0.3) is 0 Å². The van der Waals surface area contributed by atoms with E-state index in [1.807, 2.05) is 54.6 Å². The minimum Gasteiger partial charge on any atom is -0.493 e. The van der Waals surface area contributed by atoms with Gasteiger partial charge in [-0.25, -0.2) is 4.98 Å². The lowest BCUT2D eigenvalue weighted by atomic mass is 9.93. The van der Waals surface area contributed by atoms with Gasteiger partial charge in [-0.2, -0.15) is 0 Å². The second-order valence-electron chi connectivity index (χ2n) is 9.77. The molecular formula is C31H35N3O3. The van der Waals surface area contributed by atoms with Crippen LogP contribution in [-0.2, 0) is 24.3 Å². The molecule has 1 saturated carbocycles. The molecule has 0 bridgehead atoms. The minimum absolute atomic E-state index is 0.146. The molecule has 0 radical (unpaired) electrons. The fourth-order valence-electron chi connectivity index (χ4n) is 5.43. The summed E-state index contributed by atoms with van der Waals surface area (Å²) in [6.07, 6.45) is 6.35. The number of methoxy groups -OCH3 is 2. The number of aromatic nitrogens is 2. The third-order valence-electron chi connectivity index (χ3n) is 7.37. The molecule has 1 aliphatic carbocycles. The molecule has 37 heavy (non-hydrogen) atoms. The van der Waals surface area contributed by atoms with E-state index in [0.29, 0.717) is 24.5 Å². The Morgan fingerprint density at radius 2 is 1.62 bits per heavy atom. The first-order chi connectivity index (χ1) is 18.2. The molecule has 1 fully saturated rings. The number of rotatable bonds is 9. The maximum absolute atomic E-state index is 14.0. The Balaban J connectivity index is 1.46. The summed E-state index contributed by atoms with van der Waals surface area (Å²) in [6.45, 7) is 0.911. The number of imidazole rings is 1. The van der Waals surface area contributed by atoms with Crippen LogP contribution >= 0.6 is 0 Å². The smallest absolute Gasteiger partial charge is 0.243 e. The summed E-state index contributed by atoms with van der Waals surface area (Å²) in [7, 11) is 3.28. The highest BCUT2D eigenvalue weighted by molar-refractivity contribution is 5.81. The molecule has 4 aromatic rings. The first-order valence-electron chi connectivity index (χ1n) is 13.1. The van der Waals surface area contributed by atoms with Crippen molar-refractivity contribution >= 4 is 16.9 Å². The predicted molar refractivity (Wildman–Crippen MR) is 146 cm³/mol. The second kappa shape index (κ2) is 11.5. The zero-order valence-corrected chi connectivity index (χ0v) is 21.7. The van der Waals surface area contributed by atoms with E-state index in [2.05, 4.69) is 27.7 Å². The van der Waals surface area contributed by atoms with Crippen LogP contribution in [0.25, 0.3) is 11.0 Å². The molecule has 0 atom stereocenters. The zero-order valence-electron chi connectivity index (χ0n) is 21.7. The van der Waals surface area contributed by atoms with Crippen molar-refractivity contribution in [2.24, 2.45) is 0 Å². The molecule has 192 valence electrons. The average Bonchev–Trinajstić information content (AvgIpc) is 3.29. The van der Waals surface area contributed by atoms with E-state index in [0.717, 1.165) is 35.3 Å². The third kappa shape index (κ3) is 5.63. The summed E-state index contributed by atoms with van der Waals surface area (Å²) >= 11 is 0. The van der Waals surface area contributed by atoms with Gasteiger partial charge < -0.3 is 18.9 Å². The monoisotopic (exact) mass is 497 g/mol. The number of fused-ring (bicyclic) bond motifs is 1. The van der Waals surface area contributed by atoms with Gasteiger partial charge in [0, 0.05) is 19.0 Å². The molecule has 1 aromatic heterocycles. The number of hydrogen-bond acceptors (Lipinski definition) is 4. The highest BCUT2D eigenvalue weighted by Gasteiger charge is 2.27. The molecule has 1 heterocycles. The summed E-state index contributed by atoms with van der Waals surface area (Å²) in [6, 6.07) is 24.6. The molecule has 0 spiro atoms. The number of ether oxygens (including phenoxy) is 2. The van der Waals surface area contributed by atoms with Gasteiger partial charge in [0.15, 0.2) is 11.5 Å². The molecule has 0 saturated heterocycles. The Morgan fingerprint density at radius 3 is 2.38 bits per heavy atom. The van der Waals surface area contributed by atoms with Crippen LogP contribution in [0.15, 0.2) is 72.8 Å². The normalized spacial score (nSPS) is 14.0. The highest BCUT2D eigenvalue weighted by Crippen LogP contribution is 2.30. The number of amides is 1. The average molecular weight is 498 g/mol. The lowest BCUT2D eigenvalue weighted by Gasteiger charge is -2.35. The second-order valence-corrected chi connectivity index (χ2v) is 9.77. The summed E-state index contributed by atoms with van der Waals surface area (Å²) in [4.78, 5) is 21.0. The summed E-state index contributed by atoms with van der Waals surface area (Å²) < 4.78 is 13.0. The van der Waals surface area contributed by atoms with E-state index in [1.54, 1.807) is 14.2 Å². The Kier molecular flexibility index (Phi) is 7.73. The number of carbonyl (C=O) groups excluding carboxylic acids is 1. The van der Waals surface area contributed by atoms with E-state index in [9.17, 15) is 4.79 Å². The van der Waals surface area contributed by atoms with Crippen molar-refractivity contribution in [1.29, 1.82) is 0 Å². The quantitative estimate of drug-likeness (QED) is 0.284. The molecule has 6 nitrogen and oxygen atoms in total. The van der Waals surface area contributed by atoms with E-state index < -0.39 is 0 Å². The number of carbonyl (C=O) groups is 1. The first kappa shape index (κ1) is 24.9. The largest absolute Gasteiger partial charge is 0.493 e. The lowest BCUT2D eigenvalue weighted by Crippen LogP contribution is -2.42. The molecule has 0 N–H and O–H groups in total. The Hall–Kier alpha value is -3.80. The highest BCUT2D eigenvalue weighted by atomic mass is 16.5. The van der Waals surface area contributed by atoms with Crippen molar-refractivity contribution in [3.05, 3.63) is 89.7 Å². The van der Waals surface area contributed by atoms with Gasteiger partial charge in [-0.15, -0.1) is 0 Å². The van der Waals surface area contributed by atoms with Crippen molar-refractivity contribution in [2.45, 2.75) is 57.7 Å². The molecule has 5 rings (SSSR count). The number of hydrogen-bond donors (Lipinski definition) is 0. The van der Waals surface area contributed by atoms with Crippen LogP contribution < -0.4 is 9.47 Å². The fourth-order valence-corrected chi connectivity index (χ4v) is 5.43. The number of benzene rings is 3. The van der Waals surface area contributed by atoms with Gasteiger partial charge in [-0.05, 0) is 48.2 Å². The van der Waals surface area contributed by atoms with E-state index in [1.165, 1.54) is 24.8 Å². The maximum atomic E-state index is 14.0. The molecule has 0 unspecified atom stereocenters. The summed E-state index contributed by atoms with van der Waals surface area (Å²) in [5, 5.41) is 0. The zero-order chi connectivity index (χ0) is 25.6. The van der Waals surface area contributed by atoms with Crippen LogP contribution in [0.2, 0.25) is 0 Å². The van der Waals surface area contributed by atoms with Crippen molar-refractivity contribution in [1.82, 2.24) is 14.5 Å². The van der Waals surface area contributed by atoms with Gasteiger partial charge in [-0.3, -0.25) is 4.79 Å². The maximum Gasteiger partial charge on any atom is 0.243 e. The lowest BCUT2D eigenvalue weighted by molar-refractivity contribution is -0.135. The molecule has 1 amide bonds. The van der Waals surface area contributed by atoms with Gasteiger partial charge >= 0.3 is 0 Å². The van der Waals surface area contributed by atoms with Crippen LogP contribution in [0.4, 0.5) is 0 Å². The number of nitrogens with zero attached hydrogens (tertiary/aromatic N) is 3. The number of para-hydroxylation sites is 2. The molecular weight excluding hydrogens is 462 g/mol. The topological polar surface area (TPSA) is 56.6 Å². The fraction of sp³-hybridized carbons (Fsp3) is 0.355. The molecule has 1 aliphatic rings. The van der Waals surface area contributed by atoms with Crippen molar-refractivity contribution in [3.8, 4) is 11.5 Å². The van der Waals surface area contributed by atoms with Gasteiger partial charge in [-0.1, -0.05) is 67.8 Å². The van der Waals surface area contributed by atoms with Crippen LogP contribution in [0.5, 0.6) is 11.5 Å². The van der Waals surface area contributed by atoms with Crippen LogP contribution in [0, 0.1) is 0 Å². The van der Waals surface area contributed by atoms with Crippen LogP contribution in [0.1, 0.15) is 49.1 Å². The van der Waals surface area contributed by atoms with Gasteiger partial charge in [0.1, 0.15) is 12.4 Å². The van der Waals surface area contributed by atoms with Crippen LogP contribution in [0.3, 0.4) is 0 Å². The van der Waals surface area contributed by atoms with E-state index >= 15 is 0 Å². The van der Waals surface area contributed by atoms with Crippen molar-refractivity contribution in [2.75, 3.05) is 14.2 Å². The van der Waals surface area contributed by atoms with Crippen LogP contribution in [-0.4, -0.2) is 40.6 Å². The predicted octanol–water partition coefficient (Wildman–Crippen LogP) is 6.01. The SMILES string of the molecule is COc1ccc(Cc2nc3ccccc3n2CC(=O)N(Cc2ccccc2)C2CCCCC2)cc1OC. The Labute approximate surface area is 218 Å². The van der Waals surface area contributed by atoms with Gasteiger partial charge in [0.2, 0.25) is 5.91 Å².